The van der Waals surface area contributed by atoms with Crippen LogP contribution in [0.15, 0.2) is 35.8 Å². The number of hydrogen-bond acceptors (Lipinski definition) is 3. The van der Waals surface area contributed by atoms with Crippen LogP contribution in [0.1, 0.15) is 53.4 Å². The summed E-state index contributed by atoms with van der Waals surface area (Å²) in [6.45, 7) is 7.76. The highest BCUT2D eigenvalue weighted by Gasteiger charge is 2.60. The van der Waals surface area contributed by atoms with Gasteiger partial charge in [-0.3, -0.25) is 9.59 Å². The third-order valence-electron chi connectivity index (χ3n) is 8.17. The Morgan fingerprint density at radius 2 is 1.93 bits per heavy atom. The van der Waals surface area contributed by atoms with Gasteiger partial charge in [0.15, 0.2) is 0 Å². The molecular weight excluding hydrogens is 352 g/mol. The summed E-state index contributed by atoms with van der Waals surface area (Å²) in [4.78, 5) is 23.7. The van der Waals surface area contributed by atoms with Gasteiger partial charge in [0.05, 0.1) is 0 Å². The molecule has 0 radical (unpaired) electrons. The lowest BCUT2D eigenvalue weighted by atomic mass is 9.45. The third kappa shape index (κ3) is 2.82. The SMILES string of the molecule is CC(=O)NC1=CC[C@H]2[C@@H]3[C@@H](NC(C)=O)C[C@@H]4C=C(O)C=C[C@]4(C)[C@H]3CC[C@]12C. The lowest BCUT2D eigenvalue weighted by molar-refractivity contribution is -0.124. The zero-order valence-electron chi connectivity index (χ0n) is 17.3. The van der Waals surface area contributed by atoms with Crippen LogP contribution in [-0.2, 0) is 9.59 Å². The Morgan fingerprint density at radius 3 is 2.61 bits per heavy atom. The molecule has 0 saturated heterocycles. The molecule has 2 saturated carbocycles. The molecule has 0 heterocycles. The quantitative estimate of drug-likeness (QED) is 0.681. The number of rotatable bonds is 2. The zero-order valence-corrected chi connectivity index (χ0v) is 17.3. The molecule has 2 amide bonds. The molecule has 2 fully saturated rings. The second-order valence-electron chi connectivity index (χ2n) is 9.72. The Kier molecular flexibility index (Phi) is 4.48. The number of allylic oxidation sites excluding steroid dienone is 5. The molecule has 0 aromatic carbocycles. The summed E-state index contributed by atoms with van der Waals surface area (Å²) in [5.74, 6) is 1.74. The molecule has 152 valence electrons. The van der Waals surface area contributed by atoms with Crippen molar-refractivity contribution in [3.63, 3.8) is 0 Å². The average molecular weight is 385 g/mol. The fourth-order valence-corrected chi connectivity index (χ4v) is 6.84. The maximum atomic E-state index is 12.0. The van der Waals surface area contributed by atoms with Gasteiger partial charge in [0.2, 0.25) is 11.8 Å². The second kappa shape index (κ2) is 6.50. The summed E-state index contributed by atoms with van der Waals surface area (Å²) in [5.41, 5.74) is 1.00. The Bertz CT molecular complexity index is 798. The largest absolute Gasteiger partial charge is 0.508 e. The van der Waals surface area contributed by atoms with E-state index in [9.17, 15) is 14.7 Å². The molecule has 7 atom stereocenters. The number of aliphatic hydroxyl groups excluding tert-OH is 1. The van der Waals surface area contributed by atoms with Crippen LogP contribution >= 0.6 is 0 Å². The van der Waals surface area contributed by atoms with E-state index in [1.54, 1.807) is 13.8 Å². The average Bonchev–Trinajstić information content (AvgIpc) is 2.92. The first-order chi connectivity index (χ1) is 13.1. The Hall–Kier alpha value is -2.04. The van der Waals surface area contributed by atoms with Crippen LogP contribution in [0, 0.1) is 34.5 Å². The van der Waals surface area contributed by atoms with Crippen molar-refractivity contribution in [1.29, 1.82) is 0 Å². The van der Waals surface area contributed by atoms with Gasteiger partial charge in [-0.05, 0) is 66.9 Å². The minimum Gasteiger partial charge on any atom is -0.508 e. The van der Waals surface area contributed by atoms with E-state index in [-0.39, 0.29) is 34.6 Å². The summed E-state index contributed by atoms with van der Waals surface area (Å²) in [6, 6.07) is 0.0887. The van der Waals surface area contributed by atoms with Crippen LogP contribution in [0.4, 0.5) is 0 Å². The fourth-order valence-electron chi connectivity index (χ4n) is 6.84. The minimum absolute atomic E-state index is 0.00669. The van der Waals surface area contributed by atoms with E-state index in [2.05, 4.69) is 36.6 Å². The highest BCUT2D eigenvalue weighted by Crippen LogP contribution is 2.64. The molecule has 0 spiro atoms. The Morgan fingerprint density at radius 1 is 1.18 bits per heavy atom. The van der Waals surface area contributed by atoms with Crippen LogP contribution in [0.5, 0.6) is 0 Å². The number of carbonyl (C=O) groups is 2. The van der Waals surface area contributed by atoms with E-state index in [1.807, 2.05) is 12.2 Å². The predicted octanol–water partition coefficient (Wildman–Crippen LogP) is 3.60. The van der Waals surface area contributed by atoms with Crippen molar-refractivity contribution in [2.24, 2.45) is 34.5 Å². The molecule has 0 unspecified atom stereocenters. The molecule has 4 aliphatic rings. The minimum atomic E-state index is -0.0525. The van der Waals surface area contributed by atoms with Crippen molar-refractivity contribution in [2.75, 3.05) is 0 Å². The Labute approximate surface area is 167 Å². The van der Waals surface area contributed by atoms with Crippen LogP contribution in [0.25, 0.3) is 0 Å². The van der Waals surface area contributed by atoms with Crippen molar-refractivity contribution in [2.45, 2.75) is 59.4 Å². The zero-order chi connectivity index (χ0) is 20.3. The molecule has 0 aromatic rings. The van der Waals surface area contributed by atoms with Gasteiger partial charge in [-0.15, -0.1) is 0 Å². The molecule has 5 heteroatoms. The van der Waals surface area contributed by atoms with Crippen LogP contribution in [0.2, 0.25) is 0 Å². The molecule has 5 nitrogen and oxygen atoms in total. The molecule has 28 heavy (non-hydrogen) atoms. The van der Waals surface area contributed by atoms with E-state index >= 15 is 0 Å². The maximum Gasteiger partial charge on any atom is 0.221 e. The summed E-state index contributed by atoms with van der Waals surface area (Å²) in [5, 5.41) is 16.4. The van der Waals surface area contributed by atoms with Crippen LogP contribution in [-0.4, -0.2) is 23.0 Å². The molecule has 4 rings (SSSR count). The molecule has 0 bridgehead atoms. The van der Waals surface area contributed by atoms with Gasteiger partial charge < -0.3 is 15.7 Å². The van der Waals surface area contributed by atoms with E-state index < -0.39 is 0 Å². The summed E-state index contributed by atoms with van der Waals surface area (Å²) in [7, 11) is 0. The van der Waals surface area contributed by atoms with Crippen LogP contribution < -0.4 is 10.6 Å². The van der Waals surface area contributed by atoms with Crippen molar-refractivity contribution in [3.8, 4) is 0 Å². The normalized spacial score (nSPS) is 43.8. The van der Waals surface area contributed by atoms with Crippen molar-refractivity contribution >= 4 is 11.8 Å². The third-order valence-corrected chi connectivity index (χ3v) is 8.17. The molecule has 0 aliphatic heterocycles. The van der Waals surface area contributed by atoms with Crippen LogP contribution in [0.3, 0.4) is 0 Å². The first kappa shape index (κ1) is 19.3. The summed E-state index contributed by atoms with van der Waals surface area (Å²) in [6.07, 6.45) is 12.1. The lowest BCUT2D eigenvalue weighted by Crippen LogP contribution is -2.60. The first-order valence-corrected chi connectivity index (χ1v) is 10.5. The van der Waals surface area contributed by atoms with Gasteiger partial charge in [0, 0.05) is 31.0 Å². The topological polar surface area (TPSA) is 78.4 Å². The maximum absolute atomic E-state index is 12.0. The van der Waals surface area contributed by atoms with Gasteiger partial charge in [-0.2, -0.15) is 0 Å². The van der Waals surface area contributed by atoms with Gasteiger partial charge >= 0.3 is 0 Å². The van der Waals surface area contributed by atoms with E-state index in [4.69, 9.17) is 0 Å². The lowest BCUT2D eigenvalue weighted by Gasteiger charge is -2.60. The van der Waals surface area contributed by atoms with Gasteiger partial charge in [-0.25, -0.2) is 0 Å². The monoisotopic (exact) mass is 384 g/mol. The molecule has 3 N–H and O–H groups in total. The van der Waals surface area contributed by atoms with E-state index in [0.717, 1.165) is 31.4 Å². The number of hydrogen-bond donors (Lipinski definition) is 3. The van der Waals surface area contributed by atoms with Gasteiger partial charge in [0.1, 0.15) is 5.76 Å². The van der Waals surface area contributed by atoms with Gasteiger partial charge in [0.25, 0.3) is 0 Å². The molecule has 0 aromatic heterocycles. The molecular formula is C23H32N2O3. The standard InChI is InChI=1S/C23H32N2O3/c1-13(26)24-19-12-15-11-16(28)7-9-22(15,3)18-8-10-23(4)17(21(18)19)5-6-20(23)25-14(2)27/h6-7,9,11,15,17-19,21,28H,5,8,10,12H2,1-4H3,(H,24,26)(H,25,27)/t15-,17-,18-,19-,21-,22-,23-/m0/s1. The fraction of sp³-hybridized carbons (Fsp3) is 0.652. The van der Waals surface area contributed by atoms with E-state index in [1.165, 1.54) is 0 Å². The highest BCUT2D eigenvalue weighted by atomic mass is 16.3. The number of fused-ring (bicyclic) bond motifs is 5. The van der Waals surface area contributed by atoms with Crippen molar-refractivity contribution in [1.82, 2.24) is 10.6 Å². The predicted molar refractivity (Wildman–Crippen MR) is 108 cm³/mol. The van der Waals surface area contributed by atoms with Crippen molar-refractivity contribution < 1.29 is 14.7 Å². The number of amides is 2. The van der Waals surface area contributed by atoms with Crippen molar-refractivity contribution in [3.05, 3.63) is 35.8 Å². The van der Waals surface area contributed by atoms with E-state index in [0.29, 0.717) is 23.5 Å². The number of nitrogens with one attached hydrogen (secondary N) is 2. The Balaban J connectivity index is 1.71. The smallest absolute Gasteiger partial charge is 0.221 e. The molecule has 4 aliphatic carbocycles. The second-order valence-corrected chi connectivity index (χ2v) is 9.72. The number of aliphatic hydroxyl groups is 1. The summed E-state index contributed by atoms with van der Waals surface area (Å²) < 4.78 is 0. The van der Waals surface area contributed by atoms with Gasteiger partial charge in [-0.1, -0.05) is 26.0 Å². The number of carbonyl (C=O) groups excluding carboxylic acids is 2. The highest BCUT2D eigenvalue weighted by molar-refractivity contribution is 5.75. The summed E-state index contributed by atoms with van der Waals surface area (Å²) >= 11 is 0. The first-order valence-electron chi connectivity index (χ1n) is 10.5.